The van der Waals surface area contributed by atoms with E-state index in [2.05, 4.69) is 18.8 Å². The van der Waals surface area contributed by atoms with E-state index in [0.717, 1.165) is 40.4 Å². The van der Waals surface area contributed by atoms with E-state index in [1.165, 1.54) is 0 Å². The van der Waals surface area contributed by atoms with Crippen LogP contribution in [0.3, 0.4) is 0 Å². The first-order valence-corrected chi connectivity index (χ1v) is 10.4. The summed E-state index contributed by atoms with van der Waals surface area (Å²) >= 11 is 0. The number of para-hydroxylation sites is 1. The Morgan fingerprint density at radius 1 is 1.19 bits per heavy atom. The smallest absolute Gasteiger partial charge is 0.226 e. The number of nitrogens with zero attached hydrogens (tertiary/aromatic N) is 2. The molecule has 0 fully saturated rings. The van der Waals surface area contributed by atoms with Crippen LogP contribution in [-0.4, -0.2) is 29.3 Å². The SMILES string of the molecule is C=CCNC(=O)CCc1c(CC)nn(-c2ccc(OC)cc2)c1Oc1ccccc1C. The topological polar surface area (TPSA) is 65.4 Å². The molecular weight excluding hydrogens is 390 g/mol. The molecule has 1 aromatic heterocycles. The van der Waals surface area contributed by atoms with Crippen molar-refractivity contribution < 1.29 is 14.3 Å². The fraction of sp³-hybridized carbons (Fsp3) is 0.280. The number of hydrogen-bond donors (Lipinski definition) is 1. The van der Waals surface area contributed by atoms with Gasteiger partial charge in [-0.1, -0.05) is 31.2 Å². The first-order chi connectivity index (χ1) is 15.1. The average molecular weight is 420 g/mol. The highest BCUT2D eigenvalue weighted by Gasteiger charge is 2.21. The number of aryl methyl sites for hydroxylation is 2. The molecule has 0 aliphatic carbocycles. The van der Waals surface area contributed by atoms with Crippen molar-refractivity contribution in [2.24, 2.45) is 0 Å². The maximum absolute atomic E-state index is 12.2. The van der Waals surface area contributed by atoms with Crippen molar-refractivity contribution >= 4 is 5.91 Å². The van der Waals surface area contributed by atoms with Gasteiger partial charge in [0.25, 0.3) is 0 Å². The summed E-state index contributed by atoms with van der Waals surface area (Å²) in [4.78, 5) is 12.2. The molecule has 0 saturated heterocycles. The summed E-state index contributed by atoms with van der Waals surface area (Å²) in [5.41, 5.74) is 3.74. The van der Waals surface area contributed by atoms with Gasteiger partial charge >= 0.3 is 0 Å². The van der Waals surface area contributed by atoms with E-state index in [1.54, 1.807) is 13.2 Å². The Kier molecular flexibility index (Phi) is 7.49. The van der Waals surface area contributed by atoms with Gasteiger partial charge in [0, 0.05) is 18.5 Å². The molecule has 0 aliphatic rings. The molecule has 0 radical (unpaired) electrons. The molecule has 6 nitrogen and oxygen atoms in total. The fourth-order valence-corrected chi connectivity index (χ4v) is 3.30. The molecule has 0 bridgehead atoms. The second-order valence-corrected chi connectivity index (χ2v) is 7.15. The highest BCUT2D eigenvalue weighted by atomic mass is 16.5. The molecule has 0 atom stereocenters. The molecule has 1 N–H and O–H groups in total. The molecule has 0 spiro atoms. The van der Waals surface area contributed by atoms with Gasteiger partial charge in [-0.15, -0.1) is 6.58 Å². The predicted molar refractivity (Wildman–Crippen MR) is 122 cm³/mol. The summed E-state index contributed by atoms with van der Waals surface area (Å²) < 4.78 is 13.5. The van der Waals surface area contributed by atoms with E-state index in [0.29, 0.717) is 25.3 Å². The van der Waals surface area contributed by atoms with Crippen LogP contribution in [0.4, 0.5) is 0 Å². The van der Waals surface area contributed by atoms with Crippen LogP contribution in [-0.2, 0) is 17.6 Å². The average Bonchev–Trinajstić information content (AvgIpc) is 3.15. The van der Waals surface area contributed by atoms with Gasteiger partial charge in [-0.3, -0.25) is 4.79 Å². The number of carbonyl (C=O) groups is 1. The van der Waals surface area contributed by atoms with Crippen LogP contribution in [0, 0.1) is 6.92 Å². The zero-order valence-corrected chi connectivity index (χ0v) is 18.4. The van der Waals surface area contributed by atoms with E-state index in [1.807, 2.05) is 60.1 Å². The Labute approximate surface area is 183 Å². The first-order valence-electron chi connectivity index (χ1n) is 10.4. The first kappa shape index (κ1) is 22.2. The van der Waals surface area contributed by atoms with Gasteiger partial charge in [0.15, 0.2) is 0 Å². The highest BCUT2D eigenvalue weighted by Crippen LogP contribution is 2.33. The van der Waals surface area contributed by atoms with Crippen molar-refractivity contribution in [3.63, 3.8) is 0 Å². The zero-order chi connectivity index (χ0) is 22.2. The van der Waals surface area contributed by atoms with Crippen LogP contribution < -0.4 is 14.8 Å². The van der Waals surface area contributed by atoms with E-state index in [9.17, 15) is 4.79 Å². The van der Waals surface area contributed by atoms with Crippen LogP contribution in [0.1, 0.15) is 30.2 Å². The summed E-state index contributed by atoms with van der Waals surface area (Å²) in [6, 6.07) is 15.5. The summed E-state index contributed by atoms with van der Waals surface area (Å²) in [6.45, 7) is 8.16. The molecule has 2 aromatic carbocycles. The molecule has 0 aliphatic heterocycles. The second kappa shape index (κ2) is 10.5. The lowest BCUT2D eigenvalue weighted by Gasteiger charge is -2.13. The van der Waals surface area contributed by atoms with Crippen molar-refractivity contribution in [2.45, 2.75) is 33.1 Å². The quantitative estimate of drug-likeness (QED) is 0.481. The van der Waals surface area contributed by atoms with E-state index in [-0.39, 0.29) is 5.91 Å². The molecule has 31 heavy (non-hydrogen) atoms. The highest BCUT2D eigenvalue weighted by molar-refractivity contribution is 5.76. The minimum atomic E-state index is -0.0269. The Morgan fingerprint density at radius 2 is 1.94 bits per heavy atom. The molecule has 6 heteroatoms. The van der Waals surface area contributed by atoms with Crippen molar-refractivity contribution in [3.8, 4) is 23.1 Å². The maximum atomic E-state index is 12.2. The number of nitrogens with one attached hydrogen (secondary N) is 1. The van der Waals surface area contributed by atoms with E-state index < -0.39 is 0 Å². The van der Waals surface area contributed by atoms with Crippen LogP contribution in [0.15, 0.2) is 61.2 Å². The van der Waals surface area contributed by atoms with Crippen molar-refractivity contribution in [1.82, 2.24) is 15.1 Å². The van der Waals surface area contributed by atoms with Gasteiger partial charge in [-0.25, -0.2) is 4.68 Å². The van der Waals surface area contributed by atoms with Gasteiger partial charge in [0.1, 0.15) is 11.5 Å². The number of amides is 1. The van der Waals surface area contributed by atoms with Gasteiger partial charge in [0.05, 0.1) is 18.5 Å². The standard InChI is InChI=1S/C25H29N3O3/c1-5-17-26-24(29)16-15-21-22(6-2)27-28(19-11-13-20(30-4)14-12-19)25(21)31-23-10-8-7-9-18(23)3/h5,7-14H,1,6,15-17H2,2-4H3,(H,26,29). The molecular formula is C25H29N3O3. The molecule has 0 saturated carbocycles. The number of rotatable bonds is 10. The van der Waals surface area contributed by atoms with Crippen molar-refractivity contribution in [2.75, 3.05) is 13.7 Å². The van der Waals surface area contributed by atoms with Gasteiger partial charge < -0.3 is 14.8 Å². The van der Waals surface area contributed by atoms with Crippen molar-refractivity contribution in [1.29, 1.82) is 0 Å². The Morgan fingerprint density at radius 3 is 2.58 bits per heavy atom. The van der Waals surface area contributed by atoms with Crippen LogP contribution in [0.5, 0.6) is 17.4 Å². The molecule has 0 unspecified atom stereocenters. The Hall–Kier alpha value is -3.54. The predicted octanol–water partition coefficient (Wildman–Crippen LogP) is 4.78. The molecule has 1 amide bonds. The third-order valence-corrected chi connectivity index (χ3v) is 5.02. The summed E-state index contributed by atoms with van der Waals surface area (Å²) in [7, 11) is 1.64. The van der Waals surface area contributed by atoms with Gasteiger partial charge in [-0.05, 0) is 55.7 Å². The summed E-state index contributed by atoms with van der Waals surface area (Å²) in [5, 5.41) is 7.65. The normalized spacial score (nSPS) is 10.5. The van der Waals surface area contributed by atoms with Crippen LogP contribution in [0.2, 0.25) is 0 Å². The largest absolute Gasteiger partial charge is 0.497 e. The minimum absolute atomic E-state index is 0.0269. The summed E-state index contributed by atoms with van der Waals surface area (Å²) in [5.74, 6) is 2.14. The lowest BCUT2D eigenvalue weighted by Crippen LogP contribution is -2.23. The third kappa shape index (κ3) is 5.34. The summed E-state index contributed by atoms with van der Waals surface area (Å²) in [6.07, 6.45) is 3.28. The number of methoxy groups -OCH3 is 1. The number of carbonyl (C=O) groups excluding carboxylic acids is 1. The third-order valence-electron chi connectivity index (χ3n) is 5.02. The molecule has 1 heterocycles. The maximum Gasteiger partial charge on any atom is 0.226 e. The molecule has 3 rings (SSSR count). The lowest BCUT2D eigenvalue weighted by molar-refractivity contribution is -0.120. The second-order valence-electron chi connectivity index (χ2n) is 7.15. The zero-order valence-electron chi connectivity index (χ0n) is 18.4. The number of benzene rings is 2. The van der Waals surface area contributed by atoms with Gasteiger partial charge in [-0.2, -0.15) is 5.10 Å². The Balaban J connectivity index is 2.02. The number of hydrogen-bond acceptors (Lipinski definition) is 4. The monoisotopic (exact) mass is 419 g/mol. The molecule has 162 valence electrons. The fourth-order valence-electron chi connectivity index (χ4n) is 3.30. The van der Waals surface area contributed by atoms with E-state index in [4.69, 9.17) is 14.6 Å². The van der Waals surface area contributed by atoms with Crippen LogP contribution >= 0.6 is 0 Å². The Bertz CT molecular complexity index is 1040. The van der Waals surface area contributed by atoms with Crippen LogP contribution in [0.25, 0.3) is 5.69 Å². The number of aromatic nitrogens is 2. The minimum Gasteiger partial charge on any atom is -0.497 e. The van der Waals surface area contributed by atoms with Gasteiger partial charge in [0.2, 0.25) is 11.8 Å². The van der Waals surface area contributed by atoms with Crippen molar-refractivity contribution in [3.05, 3.63) is 78.0 Å². The number of ether oxygens (including phenoxy) is 2. The lowest BCUT2D eigenvalue weighted by atomic mass is 10.1. The van der Waals surface area contributed by atoms with E-state index >= 15 is 0 Å². The molecule has 3 aromatic rings.